The Balaban J connectivity index is 1.67. The van der Waals surface area contributed by atoms with Gasteiger partial charge in [-0.05, 0) is 45.4 Å². The Labute approximate surface area is 196 Å². The monoisotopic (exact) mass is 461 g/mol. The van der Waals surface area contributed by atoms with Crippen LogP contribution >= 0.6 is 11.8 Å². The van der Waals surface area contributed by atoms with Crippen molar-refractivity contribution >= 4 is 34.3 Å². The molecule has 1 atom stereocenters. The van der Waals surface area contributed by atoms with Crippen LogP contribution in [-0.2, 0) is 18.4 Å². The largest absolute Gasteiger partial charge is 0.322 e. The maximum Gasteiger partial charge on any atom is 0.262 e. The standard InChI is InChI=1S/C25H27N5O2S/c1-15-10-12-19(13-11-15)14-30-24(32)20-8-6-7-9-21(20)26-25(30)33-18(4)23(31)27-22-16(2)28-29(5)17(22)3/h6-13,18H,14H2,1-5H3,(H,27,31). The first-order valence-electron chi connectivity index (χ1n) is 10.8. The van der Waals surface area contributed by atoms with Gasteiger partial charge in [0.05, 0.1) is 39.8 Å². The minimum Gasteiger partial charge on any atom is -0.322 e. The van der Waals surface area contributed by atoms with Crippen molar-refractivity contribution in [3.8, 4) is 0 Å². The molecule has 0 spiro atoms. The van der Waals surface area contributed by atoms with Crippen LogP contribution in [0.15, 0.2) is 58.5 Å². The van der Waals surface area contributed by atoms with Crippen molar-refractivity contribution in [2.45, 2.75) is 44.6 Å². The molecule has 2 aromatic heterocycles. The lowest BCUT2D eigenvalue weighted by molar-refractivity contribution is -0.115. The van der Waals surface area contributed by atoms with Gasteiger partial charge in [-0.2, -0.15) is 5.10 Å². The lowest BCUT2D eigenvalue weighted by Crippen LogP contribution is -2.27. The number of fused-ring (bicyclic) bond motifs is 1. The second kappa shape index (κ2) is 9.23. The molecule has 0 saturated carbocycles. The first-order chi connectivity index (χ1) is 15.7. The Morgan fingerprint density at radius 2 is 1.79 bits per heavy atom. The number of carbonyl (C=O) groups excluding carboxylic acids is 1. The highest BCUT2D eigenvalue weighted by Crippen LogP contribution is 2.26. The summed E-state index contributed by atoms with van der Waals surface area (Å²) in [5.74, 6) is -0.163. The van der Waals surface area contributed by atoms with Crippen LogP contribution in [0.5, 0.6) is 0 Å². The Morgan fingerprint density at radius 1 is 1.09 bits per heavy atom. The van der Waals surface area contributed by atoms with E-state index in [0.717, 1.165) is 28.2 Å². The van der Waals surface area contributed by atoms with Gasteiger partial charge in [-0.3, -0.25) is 18.8 Å². The number of aryl methyl sites for hydroxylation is 3. The Hall–Kier alpha value is -3.39. The zero-order valence-corrected chi connectivity index (χ0v) is 20.2. The van der Waals surface area contributed by atoms with Gasteiger partial charge in [0.1, 0.15) is 0 Å². The minimum atomic E-state index is -0.471. The molecule has 0 fully saturated rings. The van der Waals surface area contributed by atoms with Crippen molar-refractivity contribution in [3.63, 3.8) is 0 Å². The summed E-state index contributed by atoms with van der Waals surface area (Å²) < 4.78 is 3.40. The number of nitrogens with one attached hydrogen (secondary N) is 1. The van der Waals surface area contributed by atoms with Crippen LogP contribution in [0.4, 0.5) is 5.69 Å². The van der Waals surface area contributed by atoms with Crippen molar-refractivity contribution in [1.29, 1.82) is 0 Å². The Kier molecular flexibility index (Phi) is 6.37. The highest BCUT2D eigenvalue weighted by Gasteiger charge is 2.22. The number of carbonyl (C=O) groups is 1. The van der Waals surface area contributed by atoms with Crippen LogP contribution in [0.1, 0.15) is 29.4 Å². The van der Waals surface area contributed by atoms with Crippen LogP contribution in [0, 0.1) is 20.8 Å². The van der Waals surface area contributed by atoms with Crippen LogP contribution in [0.25, 0.3) is 10.9 Å². The van der Waals surface area contributed by atoms with E-state index in [1.54, 1.807) is 15.3 Å². The molecule has 4 aromatic rings. The van der Waals surface area contributed by atoms with E-state index in [9.17, 15) is 9.59 Å². The Bertz CT molecular complexity index is 1390. The number of hydrogen-bond acceptors (Lipinski definition) is 5. The smallest absolute Gasteiger partial charge is 0.262 e. The summed E-state index contributed by atoms with van der Waals surface area (Å²) in [5, 5.41) is 7.95. The van der Waals surface area contributed by atoms with Crippen molar-refractivity contribution in [1.82, 2.24) is 19.3 Å². The number of amides is 1. The molecule has 0 bridgehead atoms. The van der Waals surface area contributed by atoms with Crippen molar-refractivity contribution in [2.24, 2.45) is 7.05 Å². The molecule has 0 aliphatic rings. The zero-order chi connectivity index (χ0) is 23.7. The van der Waals surface area contributed by atoms with E-state index in [-0.39, 0.29) is 11.5 Å². The molecule has 33 heavy (non-hydrogen) atoms. The molecular formula is C25H27N5O2S. The van der Waals surface area contributed by atoms with Crippen molar-refractivity contribution in [2.75, 3.05) is 5.32 Å². The fourth-order valence-corrected chi connectivity index (χ4v) is 4.55. The highest BCUT2D eigenvalue weighted by atomic mass is 32.2. The number of anilines is 1. The molecule has 1 amide bonds. The minimum absolute atomic E-state index is 0.116. The second-order valence-electron chi connectivity index (χ2n) is 8.21. The molecule has 8 heteroatoms. The number of para-hydroxylation sites is 1. The maximum atomic E-state index is 13.4. The van der Waals surface area contributed by atoms with Crippen molar-refractivity contribution in [3.05, 3.63) is 81.4 Å². The number of aromatic nitrogens is 4. The molecule has 0 saturated heterocycles. The van der Waals surface area contributed by atoms with E-state index in [1.165, 1.54) is 11.8 Å². The van der Waals surface area contributed by atoms with Gasteiger partial charge in [0, 0.05) is 7.05 Å². The molecule has 170 valence electrons. The van der Waals surface area contributed by atoms with Gasteiger partial charge in [-0.15, -0.1) is 0 Å². The molecule has 2 heterocycles. The van der Waals surface area contributed by atoms with Gasteiger partial charge in [0.2, 0.25) is 5.91 Å². The quantitative estimate of drug-likeness (QED) is 0.343. The summed E-state index contributed by atoms with van der Waals surface area (Å²) in [6.45, 7) is 8.01. The molecule has 7 nitrogen and oxygen atoms in total. The SMILES string of the molecule is Cc1ccc(Cn2c(SC(C)C(=O)Nc3c(C)nn(C)c3C)nc3ccccc3c2=O)cc1. The fourth-order valence-electron chi connectivity index (χ4n) is 3.64. The number of hydrogen-bond donors (Lipinski definition) is 1. The number of benzene rings is 2. The third-order valence-electron chi connectivity index (χ3n) is 5.70. The Morgan fingerprint density at radius 3 is 2.45 bits per heavy atom. The van der Waals surface area contributed by atoms with E-state index >= 15 is 0 Å². The van der Waals surface area contributed by atoms with Gasteiger partial charge in [0.15, 0.2) is 5.16 Å². The maximum absolute atomic E-state index is 13.4. The van der Waals surface area contributed by atoms with Crippen LogP contribution in [0.2, 0.25) is 0 Å². The van der Waals surface area contributed by atoms with E-state index in [4.69, 9.17) is 4.98 Å². The van der Waals surface area contributed by atoms with Crippen molar-refractivity contribution < 1.29 is 4.79 Å². The summed E-state index contributed by atoms with van der Waals surface area (Å²) in [6.07, 6.45) is 0. The number of rotatable bonds is 6. The number of thioether (sulfide) groups is 1. The second-order valence-corrected chi connectivity index (χ2v) is 9.52. The van der Waals surface area contributed by atoms with Gasteiger partial charge in [-0.25, -0.2) is 4.98 Å². The molecule has 1 unspecified atom stereocenters. The third-order valence-corrected chi connectivity index (χ3v) is 6.79. The summed E-state index contributed by atoms with van der Waals surface area (Å²) in [4.78, 5) is 31.1. The van der Waals surface area contributed by atoms with E-state index < -0.39 is 5.25 Å². The molecule has 2 aromatic carbocycles. The fraction of sp³-hybridized carbons (Fsp3) is 0.280. The summed E-state index contributed by atoms with van der Waals surface area (Å²) >= 11 is 1.28. The molecule has 4 rings (SSSR count). The number of nitrogens with zero attached hydrogens (tertiary/aromatic N) is 4. The molecule has 0 aliphatic heterocycles. The van der Waals surface area contributed by atoms with E-state index in [0.29, 0.717) is 22.6 Å². The summed E-state index contributed by atoms with van der Waals surface area (Å²) in [5.41, 5.74) is 5.04. The topological polar surface area (TPSA) is 81.8 Å². The van der Waals surface area contributed by atoms with Gasteiger partial charge >= 0.3 is 0 Å². The third kappa shape index (κ3) is 4.71. The molecule has 1 N–H and O–H groups in total. The summed E-state index contributed by atoms with van der Waals surface area (Å²) in [7, 11) is 1.85. The van der Waals surface area contributed by atoms with Crippen LogP contribution in [0.3, 0.4) is 0 Å². The highest BCUT2D eigenvalue weighted by molar-refractivity contribution is 8.00. The predicted octanol–water partition coefficient (Wildman–Crippen LogP) is 4.22. The molecular weight excluding hydrogens is 434 g/mol. The van der Waals surface area contributed by atoms with Gasteiger partial charge in [0.25, 0.3) is 5.56 Å². The molecule has 0 aliphatic carbocycles. The van der Waals surface area contributed by atoms with Gasteiger partial charge in [-0.1, -0.05) is 53.7 Å². The van der Waals surface area contributed by atoms with Crippen LogP contribution < -0.4 is 10.9 Å². The van der Waals surface area contributed by atoms with Crippen LogP contribution in [-0.4, -0.2) is 30.5 Å². The normalized spacial score (nSPS) is 12.2. The first kappa shape index (κ1) is 22.8. The predicted molar refractivity (Wildman–Crippen MR) is 133 cm³/mol. The average molecular weight is 462 g/mol. The van der Waals surface area contributed by atoms with Gasteiger partial charge < -0.3 is 5.32 Å². The lowest BCUT2D eigenvalue weighted by atomic mass is 10.1. The van der Waals surface area contributed by atoms with E-state index in [2.05, 4.69) is 10.4 Å². The lowest BCUT2D eigenvalue weighted by Gasteiger charge is -2.17. The van der Waals surface area contributed by atoms with E-state index in [1.807, 2.05) is 77.2 Å². The summed E-state index contributed by atoms with van der Waals surface area (Å²) in [6, 6.07) is 15.4. The first-order valence-corrected chi connectivity index (χ1v) is 11.7. The zero-order valence-electron chi connectivity index (χ0n) is 19.4. The average Bonchev–Trinajstić information content (AvgIpc) is 3.03. The molecule has 0 radical (unpaired) electrons.